The van der Waals surface area contributed by atoms with E-state index in [1.165, 1.54) is 25.3 Å². The summed E-state index contributed by atoms with van der Waals surface area (Å²) in [7, 11) is 1.17. The predicted molar refractivity (Wildman–Crippen MR) is 135 cm³/mol. The Balaban J connectivity index is 3.06. The van der Waals surface area contributed by atoms with Crippen molar-refractivity contribution in [3.8, 4) is 11.5 Å². The van der Waals surface area contributed by atoms with Crippen LogP contribution in [0.15, 0.2) is 18.2 Å². The Labute approximate surface area is 222 Å². The Bertz CT molecular complexity index is 963. The summed E-state index contributed by atoms with van der Waals surface area (Å²) in [5, 5.41) is 12.5. The van der Waals surface area contributed by atoms with Crippen LogP contribution in [0.2, 0.25) is 0 Å². The molecule has 0 saturated heterocycles. The van der Waals surface area contributed by atoms with E-state index in [0.717, 1.165) is 0 Å². The second kappa shape index (κ2) is 14.4. The van der Waals surface area contributed by atoms with Crippen LogP contribution >= 0.6 is 0 Å². The van der Waals surface area contributed by atoms with Crippen LogP contribution in [0.3, 0.4) is 0 Å². The molecule has 1 aromatic rings. The SMILES string of the molecule is COC(=O)OC(C)CN[C@@H](Cc1ccc(OC(=O)OCC(C)(C)C)c(OC(=O)OCC(C)(C)C)c1)C(=O)O. The van der Waals surface area contributed by atoms with Gasteiger partial charge in [-0.2, -0.15) is 0 Å². The highest BCUT2D eigenvalue weighted by Crippen LogP contribution is 2.30. The minimum atomic E-state index is -1.16. The third-order valence-electron chi connectivity index (χ3n) is 4.49. The minimum absolute atomic E-state index is 0.0371. The maximum atomic E-state index is 12.3. The van der Waals surface area contributed by atoms with Crippen molar-refractivity contribution in [2.45, 2.75) is 67.0 Å². The van der Waals surface area contributed by atoms with E-state index in [4.69, 9.17) is 23.7 Å². The highest BCUT2D eigenvalue weighted by atomic mass is 16.7. The molecule has 0 aliphatic rings. The maximum Gasteiger partial charge on any atom is 0.513 e. The van der Waals surface area contributed by atoms with E-state index in [1.54, 1.807) is 6.92 Å². The first-order valence-corrected chi connectivity index (χ1v) is 12.0. The molecule has 0 aliphatic heterocycles. The molecule has 0 spiro atoms. The van der Waals surface area contributed by atoms with Gasteiger partial charge in [0.1, 0.15) is 12.1 Å². The van der Waals surface area contributed by atoms with Crippen molar-refractivity contribution in [2.75, 3.05) is 26.9 Å². The average Bonchev–Trinajstić information content (AvgIpc) is 2.79. The van der Waals surface area contributed by atoms with Gasteiger partial charge in [0.2, 0.25) is 0 Å². The number of hydrogen-bond donors (Lipinski definition) is 2. The minimum Gasteiger partial charge on any atom is -0.480 e. The van der Waals surface area contributed by atoms with Gasteiger partial charge in [-0.25, -0.2) is 14.4 Å². The van der Waals surface area contributed by atoms with Crippen molar-refractivity contribution in [2.24, 2.45) is 10.8 Å². The summed E-state index contributed by atoms with van der Waals surface area (Å²) in [4.78, 5) is 47.6. The number of nitrogens with one attached hydrogen (secondary N) is 1. The first kappa shape index (κ1) is 32.5. The molecule has 0 aromatic heterocycles. The normalized spacial score (nSPS) is 13.1. The molecule has 0 heterocycles. The number of methoxy groups -OCH3 is 1. The molecule has 2 N–H and O–H groups in total. The Morgan fingerprint density at radius 1 is 0.868 bits per heavy atom. The number of carboxylic acid groups (broad SMARTS) is 1. The lowest BCUT2D eigenvalue weighted by Crippen LogP contribution is -2.42. The Morgan fingerprint density at radius 2 is 1.39 bits per heavy atom. The molecule has 0 fully saturated rings. The van der Waals surface area contributed by atoms with Gasteiger partial charge in [0.15, 0.2) is 11.5 Å². The maximum absolute atomic E-state index is 12.3. The van der Waals surface area contributed by atoms with Gasteiger partial charge in [0, 0.05) is 6.54 Å². The lowest BCUT2D eigenvalue weighted by molar-refractivity contribution is -0.139. The van der Waals surface area contributed by atoms with Crippen molar-refractivity contribution < 1.29 is 52.7 Å². The van der Waals surface area contributed by atoms with Crippen LogP contribution in [0, 0.1) is 10.8 Å². The molecule has 0 amide bonds. The number of hydrogen-bond acceptors (Lipinski definition) is 11. The number of carbonyl (C=O) groups is 4. The zero-order valence-corrected chi connectivity index (χ0v) is 23.2. The molecule has 0 bridgehead atoms. The highest BCUT2D eigenvalue weighted by molar-refractivity contribution is 5.74. The van der Waals surface area contributed by atoms with E-state index in [-0.39, 0.29) is 48.5 Å². The molecule has 1 aromatic carbocycles. The van der Waals surface area contributed by atoms with Crippen LogP contribution in [-0.4, -0.2) is 68.6 Å². The Morgan fingerprint density at radius 3 is 1.87 bits per heavy atom. The number of aliphatic carboxylic acids is 1. The van der Waals surface area contributed by atoms with Crippen LogP contribution in [0.5, 0.6) is 11.5 Å². The molecule has 38 heavy (non-hydrogen) atoms. The second-order valence-electron chi connectivity index (χ2n) is 11.1. The van der Waals surface area contributed by atoms with Crippen molar-refractivity contribution in [3.05, 3.63) is 23.8 Å². The van der Waals surface area contributed by atoms with Gasteiger partial charge in [-0.1, -0.05) is 47.6 Å². The van der Waals surface area contributed by atoms with E-state index in [9.17, 15) is 24.3 Å². The first-order valence-electron chi connectivity index (χ1n) is 12.0. The predicted octanol–water partition coefficient (Wildman–Crippen LogP) is 4.57. The molecule has 0 radical (unpaired) electrons. The quantitative estimate of drug-likeness (QED) is 0.229. The number of ether oxygens (including phenoxy) is 6. The van der Waals surface area contributed by atoms with Crippen LogP contribution in [0.1, 0.15) is 54.0 Å². The molecule has 0 aliphatic carbocycles. The first-order chi connectivity index (χ1) is 17.5. The summed E-state index contributed by atoms with van der Waals surface area (Å²) in [6, 6.07) is 3.17. The van der Waals surface area contributed by atoms with E-state index >= 15 is 0 Å². The van der Waals surface area contributed by atoms with Crippen molar-refractivity contribution in [3.63, 3.8) is 0 Å². The molecule has 12 nitrogen and oxygen atoms in total. The second-order valence-corrected chi connectivity index (χ2v) is 11.1. The number of benzene rings is 1. The zero-order chi connectivity index (χ0) is 29.1. The van der Waals surface area contributed by atoms with Gasteiger partial charge in [-0.3, -0.25) is 4.79 Å². The lowest BCUT2D eigenvalue weighted by Gasteiger charge is -2.20. The molecule has 1 rings (SSSR count). The van der Waals surface area contributed by atoms with Gasteiger partial charge in [-0.05, 0) is 41.9 Å². The lowest BCUT2D eigenvalue weighted by atomic mass is 9.99. The molecule has 1 unspecified atom stereocenters. The van der Waals surface area contributed by atoms with Gasteiger partial charge < -0.3 is 38.8 Å². The van der Waals surface area contributed by atoms with Crippen molar-refractivity contribution in [1.29, 1.82) is 0 Å². The summed E-state index contributed by atoms with van der Waals surface area (Å²) in [6.07, 6.45) is -3.60. The van der Waals surface area contributed by atoms with E-state index in [0.29, 0.717) is 5.56 Å². The molecular weight excluding hydrogens is 502 g/mol. The Hall–Kier alpha value is -3.54. The van der Waals surface area contributed by atoms with Crippen molar-refractivity contribution in [1.82, 2.24) is 5.32 Å². The van der Waals surface area contributed by atoms with E-state index < -0.39 is 36.6 Å². The molecule has 12 heteroatoms. The largest absolute Gasteiger partial charge is 0.513 e. The summed E-state index contributed by atoms with van der Waals surface area (Å²) in [5.41, 5.74) is -0.163. The average molecular weight is 542 g/mol. The fraction of sp³-hybridized carbons (Fsp3) is 0.615. The number of carbonyl (C=O) groups excluding carboxylic acids is 3. The summed E-state index contributed by atoms with van der Waals surface area (Å²) < 4.78 is 30.1. The van der Waals surface area contributed by atoms with Crippen molar-refractivity contribution >= 4 is 24.4 Å². The standard InChI is InChI=1S/C26H39NO11/c1-16(36-22(30)33-8)13-27-18(21(28)29)11-17-9-10-19(37-23(31)34-14-25(2,3)4)20(12-17)38-24(32)35-15-26(5,6)7/h9-10,12,16,18,27H,11,13-15H2,1-8H3,(H,28,29)/t16?,18-/m0/s1. The number of rotatable bonds is 11. The highest BCUT2D eigenvalue weighted by Gasteiger charge is 2.23. The molecule has 2 atom stereocenters. The fourth-order valence-electron chi connectivity index (χ4n) is 2.68. The monoisotopic (exact) mass is 541 g/mol. The van der Waals surface area contributed by atoms with Crippen LogP contribution in [0.4, 0.5) is 14.4 Å². The van der Waals surface area contributed by atoms with Crippen LogP contribution < -0.4 is 14.8 Å². The summed E-state index contributed by atoms with van der Waals surface area (Å²) >= 11 is 0. The number of carboxylic acids is 1. The molecular formula is C26H39NO11. The van der Waals surface area contributed by atoms with Gasteiger partial charge in [0.25, 0.3) is 0 Å². The third kappa shape index (κ3) is 13.7. The molecule has 214 valence electrons. The third-order valence-corrected chi connectivity index (χ3v) is 4.49. The van der Waals surface area contributed by atoms with Gasteiger partial charge in [-0.15, -0.1) is 0 Å². The summed E-state index contributed by atoms with van der Waals surface area (Å²) in [6.45, 7) is 13.0. The Kier molecular flexibility index (Phi) is 12.3. The fourth-order valence-corrected chi connectivity index (χ4v) is 2.68. The smallest absolute Gasteiger partial charge is 0.480 e. The van der Waals surface area contributed by atoms with Crippen LogP contribution in [-0.2, 0) is 30.2 Å². The van der Waals surface area contributed by atoms with Gasteiger partial charge in [0.05, 0.1) is 20.3 Å². The summed E-state index contributed by atoms with van der Waals surface area (Å²) in [5.74, 6) is -1.42. The molecule has 0 saturated carbocycles. The van der Waals surface area contributed by atoms with E-state index in [2.05, 4.69) is 10.1 Å². The van der Waals surface area contributed by atoms with E-state index in [1.807, 2.05) is 41.5 Å². The topological polar surface area (TPSA) is 156 Å². The van der Waals surface area contributed by atoms with Crippen LogP contribution in [0.25, 0.3) is 0 Å². The van der Waals surface area contributed by atoms with Gasteiger partial charge >= 0.3 is 24.4 Å². The zero-order valence-electron chi connectivity index (χ0n) is 23.2.